The molecular formula is C23H33N3O3S. The Balaban J connectivity index is 1.95. The van der Waals surface area contributed by atoms with Crippen molar-refractivity contribution in [1.29, 1.82) is 0 Å². The molecule has 1 atom stereocenters. The van der Waals surface area contributed by atoms with Crippen LogP contribution in [0, 0.1) is 0 Å². The van der Waals surface area contributed by atoms with Crippen LogP contribution in [-0.2, 0) is 16.8 Å². The van der Waals surface area contributed by atoms with E-state index >= 15 is 0 Å². The van der Waals surface area contributed by atoms with Gasteiger partial charge in [-0.25, -0.2) is 4.98 Å². The van der Waals surface area contributed by atoms with Gasteiger partial charge in [-0.05, 0) is 78.1 Å². The highest BCUT2D eigenvalue weighted by molar-refractivity contribution is 7.13. The lowest BCUT2D eigenvalue weighted by Gasteiger charge is -2.38. The first kappa shape index (κ1) is 22.6. The van der Waals surface area contributed by atoms with Crippen LogP contribution in [0.3, 0.4) is 0 Å². The number of rotatable bonds is 5. The minimum absolute atomic E-state index is 0.0684. The van der Waals surface area contributed by atoms with E-state index in [1.165, 1.54) is 16.9 Å². The van der Waals surface area contributed by atoms with Crippen molar-refractivity contribution in [2.75, 3.05) is 11.9 Å². The molecule has 30 heavy (non-hydrogen) atoms. The largest absolute Gasteiger partial charge is 0.484 e. The van der Waals surface area contributed by atoms with Gasteiger partial charge in [-0.3, -0.25) is 4.79 Å². The molecular weight excluding hydrogens is 398 g/mol. The summed E-state index contributed by atoms with van der Waals surface area (Å²) in [5.41, 5.74) is 1.03. The summed E-state index contributed by atoms with van der Waals surface area (Å²) < 4.78 is 12.5. The number of amides is 1. The van der Waals surface area contributed by atoms with Crippen LogP contribution in [0.5, 0.6) is 11.5 Å². The van der Waals surface area contributed by atoms with Crippen LogP contribution in [-0.4, -0.2) is 28.6 Å². The maximum atomic E-state index is 12.7. The third-order valence-electron chi connectivity index (χ3n) is 4.70. The van der Waals surface area contributed by atoms with Crippen LogP contribution in [0.1, 0.15) is 66.0 Å². The third-order valence-corrected chi connectivity index (χ3v) is 5.39. The Morgan fingerprint density at radius 3 is 2.37 bits per heavy atom. The normalized spacial score (nSPS) is 19.2. The maximum Gasteiger partial charge on any atom is 0.228 e. The topological polar surface area (TPSA) is 72.5 Å². The van der Waals surface area contributed by atoms with Crippen LogP contribution >= 0.6 is 11.3 Å². The average Bonchev–Trinajstić information content (AvgIpc) is 3.06. The Kier molecular flexibility index (Phi) is 6.16. The van der Waals surface area contributed by atoms with Gasteiger partial charge < -0.3 is 20.1 Å². The number of anilines is 1. The molecule has 2 heterocycles. The number of nitrogens with zero attached hydrogens (tertiary/aromatic N) is 1. The first-order chi connectivity index (χ1) is 13.8. The van der Waals surface area contributed by atoms with Crippen molar-refractivity contribution in [2.45, 2.75) is 78.0 Å². The van der Waals surface area contributed by atoms with E-state index < -0.39 is 5.54 Å². The van der Waals surface area contributed by atoms with Gasteiger partial charge in [-0.2, -0.15) is 0 Å². The number of hydrogen-bond donors (Lipinski definition) is 2. The molecule has 0 radical (unpaired) electrons. The zero-order chi connectivity index (χ0) is 22.2. The van der Waals surface area contributed by atoms with E-state index in [0.29, 0.717) is 17.3 Å². The van der Waals surface area contributed by atoms with Crippen molar-refractivity contribution < 1.29 is 14.3 Å². The monoisotopic (exact) mass is 431 g/mol. The number of carbonyl (C=O) groups excluding carboxylic acids is 1. The first-order valence-corrected chi connectivity index (χ1v) is 11.2. The third kappa shape index (κ3) is 5.73. The molecule has 2 N–H and O–H groups in total. The Labute approximate surface area is 183 Å². The van der Waals surface area contributed by atoms with Gasteiger partial charge in [0.1, 0.15) is 11.2 Å². The molecule has 0 bridgehead atoms. The molecule has 1 aliphatic heterocycles. The van der Waals surface area contributed by atoms with Crippen LogP contribution in [0.15, 0.2) is 23.7 Å². The van der Waals surface area contributed by atoms with E-state index in [9.17, 15) is 4.79 Å². The molecule has 1 aromatic carbocycles. The smallest absolute Gasteiger partial charge is 0.228 e. The lowest BCUT2D eigenvalue weighted by molar-refractivity contribution is -0.117. The fourth-order valence-electron chi connectivity index (χ4n) is 3.64. The fraction of sp³-hybridized carbons (Fsp3) is 0.565. The second-order valence-electron chi connectivity index (χ2n) is 9.96. The summed E-state index contributed by atoms with van der Waals surface area (Å²) in [7, 11) is 0. The zero-order valence-electron chi connectivity index (χ0n) is 19.0. The van der Waals surface area contributed by atoms with Gasteiger partial charge in [0.05, 0.1) is 0 Å². The summed E-state index contributed by atoms with van der Waals surface area (Å²) in [6, 6.07) is 4.13. The Morgan fingerprint density at radius 1 is 1.17 bits per heavy atom. The highest BCUT2D eigenvalue weighted by atomic mass is 32.1. The van der Waals surface area contributed by atoms with Gasteiger partial charge in [0, 0.05) is 30.1 Å². The molecule has 0 aliphatic carbocycles. The van der Waals surface area contributed by atoms with Crippen molar-refractivity contribution in [2.24, 2.45) is 0 Å². The minimum Gasteiger partial charge on any atom is -0.484 e. The molecule has 3 rings (SSSR count). The maximum absolute atomic E-state index is 12.7. The number of fused-ring (bicyclic) bond motifs is 1. The number of carbonyl (C=O) groups is 1. The van der Waals surface area contributed by atoms with Gasteiger partial charge >= 0.3 is 0 Å². The summed E-state index contributed by atoms with van der Waals surface area (Å²) >= 11 is 1.41. The van der Waals surface area contributed by atoms with E-state index in [2.05, 4.69) is 28.6 Å². The van der Waals surface area contributed by atoms with Crippen molar-refractivity contribution in [3.63, 3.8) is 0 Å². The first-order valence-electron chi connectivity index (χ1n) is 10.3. The predicted octanol–water partition coefficient (Wildman–Crippen LogP) is 4.89. The van der Waals surface area contributed by atoms with Gasteiger partial charge in [-0.1, -0.05) is 0 Å². The number of hydrogen-bond acceptors (Lipinski definition) is 6. The number of nitrogens with one attached hydrogen (secondary N) is 2. The van der Waals surface area contributed by atoms with E-state index in [4.69, 9.17) is 9.47 Å². The molecule has 2 aromatic rings. The number of benzene rings is 1. The zero-order valence-corrected chi connectivity index (χ0v) is 19.8. The van der Waals surface area contributed by atoms with Crippen LogP contribution < -0.4 is 20.1 Å². The molecule has 0 saturated heterocycles. The van der Waals surface area contributed by atoms with Gasteiger partial charge in [0.25, 0.3) is 0 Å². The fourth-order valence-corrected chi connectivity index (χ4v) is 4.18. The Hall–Kier alpha value is -2.12. The highest BCUT2D eigenvalue weighted by Gasteiger charge is 2.36. The molecule has 6 nitrogen and oxygen atoms in total. The standard InChI is InChI=1S/C23H33N3O3S/c1-21(2,3)28-17-12-15-8-9-25-23(7,14-19(27)26-20-24-10-11-30-20)16(15)13-18(17)29-22(4,5)6/h10-13,25H,8-9,14H2,1-7H3,(H,24,26,27)/t23-/m1/s1. The van der Waals surface area contributed by atoms with E-state index in [1.54, 1.807) is 6.20 Å². The summed E-state index contributed by atoms with van der Waals surface area (Å²) in [5.74, 6) is 1.38. The average molecular weight is 432 g/mol. The summed E-state index contributed by atoms with van der Waals surface area (Å²) in [4.78, 5) is 16.9. The second-order valence-corrected chi connectivity index (χ2v) is 10.9. The quantitative estimate of drug-likeness (QED) is 0.705. The van der Waals surface area contributed by atoms with E-state index in [1.807, 2.05) is 53.0 Å². The van der Waals surface area contributed by atoms with Gasteiger partial charge in [-0.15, -0.1) is 11.3 Å². The van der Waals surface area contributed by atoms with Crippen molar-refractivity contribution in [3.8, 4) is 11.5 Å². The Bertz CT molecular complexity index is 898. The molecule has 164 valence electrons. The molecule has 7 heteroatoms. The van der Waals surface area contributed by atoms with Gasteiger partial charge in [0.2, 0.25) is 5.91 Å². The summed E-state index contributed by atoms with van der Waals surface area (Å²) in [6.07, 6.45) is 2.85. The molecule has 1 amide bonds. The predicted molar refractivity (Wildman–Crippen MR) is 122 cm³/mol. The summed E-state index contributed by atoms with van der Waals surface area (Å²) in [6.45, 7) is 15.0. The SMILES string of the molecule is CC(C)(C)Oc1cc2c(cc1OC(C)(C)C)[C@@](C)(CC(=O)Nc1nccs1)NCC2. The van der Waals surface area contributed by atoms with Crippen molar-refractivity contribution in [3.05, 3.63) is 34.8 Å². The lowest BCUT2D eigenvalue weighted by atomic mass is 9.81. The van der Waals surface area contributed by atoms with Crippen LogP contribution in [0.4, 0.5) is 5.13 Å². The molecule has 1 aromatic heterocycles. The number of thiazole rings is 1. The lowest BCUT2D eigenvalue weighted by Crippen LogP contribution is -2.47. The molecule has 1 aliphatic rings. The molecule has 0 saturated carbocycles. The van der Waals surface area contributed by atoms with Gasteiger partial charge in [0.15, 0.2) is 16.6 Å². The second kappa shape index (κ2) is 8.19. The molecule has 0 unspecified atom stereocenters. The van der Waals surface area contributed by atoms with Crippen LogP contribution in [0.2, 0.25) is 0 Å². The van der Waals surface area contributed by atoms with E-state index in [-0.39, 0.29) is 17.1 Å². The minimum atomic E-state index is -0.509. The van der Waals surface area contributed by atoms with Crippen molar-refractivity contribution >= 4 is 22.4 Å². The molecule has 0 spiro atoms. The molecule has 0 fully saturated rings. The van der Waals surface area contributed by atoms with E-state index in [0.717, 1.165) is 24.3 Å². The summed E-state index contributed by atoms with van der Waals surface area (Å²) in [5, 5.41) is 8.90. The Morgan fingerprint density at radius 2 is 1.80 bits per heavy atom. The van der Waals surface area contributed by atoms with Crippen molar-refractivity contribution in [1.82, 2.24) is 10.3 Å². The van der Waals surface area contributed by atoms with Crippen LogP contribution in [0.25, 0.3) is 0 Å². The highest BCUT2D eigenvalue weighted by Crippen LogP contribution is 2.41. The number of ether oxygens (including phenoxy) is 2. The number of aromatic nitrogens is 1.